The lowest BCUT2D eigenvalue weighted by atomic mass is 10.2. The van der Waals surface area contributed by atoms with E-state index >= 15 is 0 Å². The molecule has 1 saturated carbocycles. The first kappa shape index (κ1) is 14.0. The smallest absolute Gasteiger partial charge is 0.254 e. The van der Waals surface area contributed by atoms with E-state index in [4.69, 9.17) is 5.73 Å². The van der Waals surface area contributed by atoms with Crippen molar-refractivity contribution in [3.63, 3.8) is 0 Å². The van der Waals surface area contributed by atoms with Gasteiger partial charge in [-0.2, -0.15) is 0 Å². The zero-order chi connectivity index (χ0) is 14.0. The first-order valence-corrected chi connectivity index (χ1v) is 8.14. The fraction of sp³-hybridized carbons (Fsp3) is 0.462. The van der Waals surface area contributed by atoms with Crippen LogP contribution in [-0.4, -0.2) is 44.6 Å². The van der Waals surface area contributed by atoms with Crippen LogP contribution < -0.4 is 5.73 Å². The Hall–Kier alpha value is -1.40. The summed E-state index contributed by atoms with van der Waals surface area (Å²) in [4.78, 5) is 14.3. The van der Waals surface area contributed by atoms with Gasteiger partial charge in [-0.3, -0.25) is 4.79 Å². The summed E-state index contributed by atoms with van der Waals surface area (Å²) in [6.45, 7) is 0.973. The van der Waals surface area contributed by atoms with Crippen molar-refractivity contribution in [3.8, 4) is 0 Å². The number of hydrogen-bond acceptors (Lipinski definition) is 4. The van der Waals surface area contributed by atoms with Crippen molar-refractivity contribution in [1.29, 1.82) is 0 Å². The molecule has 1 aliphatic rings. The zero-order valence-electron chi connectivity index (χ0n) is 10.9. The lowest BCUT2D eigenvalue weighted by molar-refractivity contribution is 0.0748. The van der Waals surface area contributed by atoms with Gasteiger partial charge < -0.3 is 10.6 Å². The fourth-order valence-electron chi connectivity index (χ4n) is 1.99. The minimum Gasteiger partial charge on any atom is -0.334 e. The molecular formula is C13H18N2O3S. The van der Waals surface area contributed by atoms with Crippen LogP contribution >= 0.6 is 0 Å². The van der Waals surface area contributed by atoms with E-state index in [0.717, 1.165) is 19.1 Å². The maximum Gasteiger partial charge on any atom is 0.254 e. The monoisotopic (exact) mass is 282 g/mol. The van der Waals surface area contributed by atoms with Gasteiger partial charge in [0.25, 0.3) is 5.91 Å². The largest absolute Gasteiger partial charge is 0.334 e. The molecule has 5 nitrogen and oxygen atoms in total. The molecule has 0 aliphatic heterocycles. The molecule has 0 aromatic heterocycles. The predicted molar refractivity (Wildman–Crippen MR) is 72.7 cm³/mol. The molecule has 1 amide bonds. The molecule has 2 rings (SSSR count). The van der Waals surface area contributed by atoms with Gasteiger partial charge in [0.05, 0.1) is 4.90 Å². The number of benzene rings is 1. The quantitative estimate of drug-likeness (QED) is 0.860. The Bertz CT molecular complexity index is 562. The topological polar surface area (TPSA) is 80.5 Å². The van der Waals surface area contributed by atoms with E-state index in [0.29, 0.717) is 24.7 Å². The van der Waals surface area contributed by atoms with Crippen molar-refractivity contribution in [3.05, 3.63) is 29.8 Å². The van der Waals surface area contributed by atoms with E-state index in [1.807, 2.05) is 0 Å². The molecule has 6 heteroatoms. The van der Waals surface area contributed by atoms with Gasteiger partial charge in [-0.05, 0) is 37.1 Å². The summed E-state index contributed by atoms with van der Waals surface area (Å²) in [5.74, 6) is -0.0759. The van der Waals surface area contributed by atoms with Crippen LogP contribution in [0.2, 0.25) is 0 Å². The van der Waals surface area contributed by atoms with Gasteiger partial charge in [-0.25, -0.2) is 8.42 Å². The summed E-state index contributed by atoms with van der Waals surface area (Å²) < 4.78 is 22.7. The molecule has 1 aromatic carbocycles. The van der Waals surface area contributed by atoms with Crippen molar-refractivity contribution in [2.45, 2.75) is 23.8 Å². The standard InChI is InChI=1S/C13H18N2O3S/c1-19(17,18)12-6-2-10(3-7-12)13(16)15(9-8-14)11-4-5-11/h2-3,6-7,11H,4-5,8-9,14H2,1H3. The minimum absolute atomic E-state index is 0.0759. The molecule has 1 aliphatic carbocycles. The summed E-state index contributed by atoms with van der Waals surface area (Å²) in [7, 11) is -3.22. The maximum absolute atomic E-state index is 12.3. The number of hydrogen-bond donors (Lipinski definition) is 1. The summed E-state index contributed by atoms with van der Waals surface area (Å²) in [6.07, 6.45) is 3.19. The highest BCUT2D eigenvalue weighted by atomic mass is 32.2. The third-order valence-corrected chi connectivity index (χ3v) is 4.28. The number of rotatable bonds is 5. The van der Waals surface area contributed by atoms with Crippen molar-refractivity contribution in [2.75, 3.05) is 19.3 Å². The van der Waals surface area contributed by atoms with E-state index in [1.165, 1.54) is 12.1 Å². The Morgan fingerprint density at radius 2 is 1.89 bits per heavy atom. The second-order valence-electron chi connectivity index (χ2n) is 4.81. The molecule has 104 valence electrons. The molecule has 0 unspecified atom stereocenters. The van der Waals surface area contributed by atoms with Crippen LogP contribution in [0.4, 0.5) is 0 Å². The van der Waals surface area contributed by atoms with Crippen LogP contribution in [0.1, 0.15) is 23.2 Å². The molecule has 0 atom stereocenters. The number of nitrogens with zero attached hydrogens (tertiary/aromatic N) is 1. The highest BCUT2D eigenvalue weighted by molar-refractivity contribution is 7.90. The molecule has 2 N–H and O–H groups in total. The molecule has 1 fully saturated rings. The van der Waals surface area contributed by atoms with Gasteiger partial charge in [0.15, 0.2) is 9.84 Å². The van der Waals surface area contributed by atoms with Crippen molar-refractivity contribution < 1.29 is 13.2 Å². The highest BCUT2D eigenvalue weighted by Crippen LogP contribution is 2.28. The van der Waals surface area contributed by atoms with Gasteiger partial charge in [-0.1, -0.05) is 0 Å². The Labute approximate surface area is 113 Å². The van der Waals surface area contributed by atoms with Crippen molar-refractivity contribution in [2.24, 2.45) is 5.73 Å². The van der Waals surface area contributed by atoms with Crippen LogP contribution in [0, 0.1) is 0 Å². The molecule has 0 bridgehead atoms. The highest BCUT2D eigenvalue weighted by Gasteiger charge is 2.32. The van der Waals surface area contributed by atoms with E-state index in [9.17, 15) is 13.2 Å². The molecule has 0 spiro atoms. The summed E-state index contributed by atoms with van der Waals surface area (Å²) in [6, 6.07) is 6.35. The van der Waals surface area contributed by atoms with Crippen LogP contribution in [-0.2, 0) is 9.84 Å². The van der Waals surface area contributed by atoms with E-state index < -0.39 is 9.84 Å². The second kappa shape index (κ2) is 5.30. The number of nitrogens with two attached hydrogens (primary N) is 1. The molecule has 0 saturated heterocycles. The summed E-state index contributed by atoms with van der Waals surface area (Å²) in [5.41, 5.74) is 6.03. The molecule has 1 aromatic rings. The SMILES string of the molecule is CS(=O)(=O)c1ccc(C(=O)N(CCN)C2CC2)cc1. The Balaban J connectivity index is 2.19. The second-order valence-corrected chi connectivity index (χ2v) is 6.83. The molecule has 0 radical (unpaired) electrons. The Kier molecular flexibility index (Phi) is 3.91. The number of sulfone groups is 1. The van der Waals surface area contributed by atoms with Crippen LogP contribution in [0.5, 0.6) is 0 Å². The average Bonchev–Trinajstić information content (AvgIpc) is 3.18. The molecular weight excluding hydrogens is 264 g/mol. The summed E-state index contributed by atoms with van der Waals surface area (Å²) in [5, 5.41) is 0. The van der Waals surface area contributed by atoms with Gasteiger partial charge in [0.1, 0.15) is 0 Å². The van der Waals surface area contributed by atoms with Crippen molar-refractivity contribution in [1.82, 2.24) is 4.90 Å². The number of amides is 1. The summed E-state index contributed by atoms with van der Waals surface area (Å²) >= 11 is 0. The lowest BCUT2D eigenvalue weighted by Gasteiger charge is -2.21. The van der Waals surface area contributed by atoms with E-state index in [1.54, 1.807) is 17.0 Å². The minimum atomic E-state index is -3.22. The third kappa shape index (κ3) is 3.33. The van der Waals surface area contributed by atoms with Gasteiger partial charge >= 0.3 is 0 Å². The molecule has 19 heavy (non-hydrogen) atoms. The van der Waals surface area contributed by atoms with E-state index in [2.05, 4.69) is 0 Å². The average molecular weight is 282 g/mol. The predicted octanol–water partition coefficient (Wildman–Crippen LogP) is 0.653. The van der Waals surface area contributed by atoms with E-state index in [-0.39, 0.29) is 10.8 Å². The van der Waals surface area contributed by atoms with Crippen LogP contribution in [0.25, 0.3) is 0 Å². The number of carbonyl (C=O) groups excluding carboxylic acids is 1. The maximum atomic E-state index is 12.3. The van der Waals surface area contributed by atoms with Gasteiger partial charge in [0.2, 0.25) is 0 Å². The van der Waals surface area contributed by atoms with Crippen molar-refractivity contribution >= 4 is 15.7 Å². The molecule has 0 heterocycles. The van der Waals surface area contributed by atoms with Gasteiger partial charge in [0, 0.05) is 31.0 Å². The zero-order valence-corrected chi connectivity index (χ0v) is 11.7. The fourth-order valence-corrected chi connectivity index (χ4v) is 2.62. The Morgan fingerprint density at radius 1 is 1.32 bits per heavy atom. The normalized spacial score (nSPS) is 15.3. The Morgan fingerprint density at radius 3 is 2.32 bits per heavy atom. The van der Waals surface area contributed by atoms with Crippen LogP contribution in [0.3, 0.4) is 0 Å². The van der Waals surface area contributed by atoms with Gasteiger partial charge in [-0.15, -0.1) is 0 Å². The lowest BCUT2D eigenvalue weighted by Crippen LogP contribution is -2.37. The first-order chi connectivity index (χ1) is 8.93. The first-order valence-electron chi connectivity index (χ1n) is 6.24. The third-order valence-electron chi connectivity index (χ3n) is 3.15. The number of carbonyl (C=O) groups is 1. The van der Waals surface area contributed by atoms with Crippen LogP contribution in [0.15, 0.2) is 29.2 Å².